The fourth-order valence-corrected chi connectivity index (χ4v) is 3.14. The Morgan fingerprint density at radius 3 is 2.68 bits per heavy atom. The molecule has 0 spiro atoms. The molecule has 2 fully saturated rings. The Hall–Kier alpha value is -0.860. The Morgan fingerprint density at radius 2 is 2.00 bits per heavy atom. The summed E-state index contributed by atoms with van der Waals surface area (Å²) in [5.41, 5.74) is 2.01. The van der Waals surface area contributed by atoms with Crippen molar-refractivity contribution in [3.05, 3.63) is 35.9 Å². The van der Waals surface area contributed by atoms with Gasteiger partial charge in [0.25, 0.3) is 0 Å². The molecular weight excluding hydrogens is 232 g/mol. The Morgan fingerprint density at radius 1 is 1.26 bits per heavy atom. The van der Waals surface area contributed by atoms with Crippen LogP contribution in [0.4, 0.5) is 0 Å². The summed E-state index contributed by atoms with van der Waals surface area (Å²) in [4.78, 5) is 2.61. The lowest BCUT2D eigenvalue weighted by molar-refractivity contribution is 0.329. The highest BCUT2D eigenvalue weighted by molar-refractivity contribution is 5.15. The third-order valence-corrected chi connectivity index (χ3v) is 4.78. The first-order valence-corrected chi connectivity index (χ1v) is 7.66. The van der Waals surface area contributed by atoms with E-state index in [2.05, 4.69) is 54.4 Å². The van der Waals surface area contributed by atoms with Gasteiger partial charge in [0.15, 0.2) is 0 Å². The number of nitrogens with zero attached hydrogens (tertiary/aromatic N) is 1. The van der Waals surface area contributed by atoms with Gasteiger partial charge < -0.3 is 10.2 Å². The first kappa shape index (κ1) is 13.1. The predicted molar refractivity (Wildman–Crippen MR) is 80.3 cm³/mol. The van der Waals surface area contributed by atoms with E-state index in [-0.39, 0.29) is 0 Å². The molecule has 0 radical (unpaired) electrons. The quantitative estimate of drug-likeness (QED) is 0.873. The molecule has 2 nitrogen and oxygen atoms in total. The smallest absolute Gasteiger partial charge is 0.0210 e. The zero-order chi connectivity index (χ0) is 13.3. The maximum atomic E-state index is 3.83. The van der Waals surface area contributed by atoms with Crippen LogP contribution in [0, 0.1) is 5.41 Å². The van der Waals surface area contributed by atoms with Gasteiger partial charge in [0.1, 0.15) is 0 Å². The molecule has 1 aromatic carbocycles. The second-order valence-electron chi connectivity index (χ2n) is 6.93. The minimum atomic E-state index is 0.553. The summed E-state index contributed by atoms with van der Waals surface area (Å²) in [6.45, 7) is 8.44. The number of nitrogens with one attached hydrogen (secondary N) is 1. The minimum absolute atomic E-state index is 0.553. The topological polar surface area (TPSA) is 15.3 Å². The van der Waals surface area contributed by atoms with E-state index < -0.39 is 0 Å². The monoisotopic (exact) mass is 258 g/mol. The van der Waals surface area contributed by atoms with Crippen molar-refractivity contribution in [3.8, 4) is 0 Å². The highest BCUT2D eigenvalue weighted by Gasteiger charge is 2.46. The Balaban J connectivity index is 1.40. The summed E-state index contributed by atoms with van der Waals surface area (Å²) in [6, 6.07) is 12.3. The van der Waals surface area contributed by atoms with E-state index >= 15 is 0 Å². The van der Waals surface area contributed by atoms with Crippen LogP contribution in [0.1, 0.15) is 32.3 Å². The summed E-state index contributed by atoms with van der Waals surface area (Å²) in [6.07, 6.45) is 3.86. The first-order valence-electron chi connectivity index (χ1n) is 7.66. The van der Waals surface area contributed by atoms with E-state index in [1.165, 1.54) is 44.5 Å². The molecule has 1 aromatic rings. The average molecular weight is 258 g/mol. The van der Waals surface area contributed by atoms with Gasteiger partial charge in [0.05, 0.1) is 0 Å². The molecule has 0 bridgehead atoms. The van der Waals surface area contributed by atoms with Gasteiger partial charge in [-0.05, 0) is 36.8 Å². The minimum Gasteiger partial charge on any atom is -0.309 e. The van der Waals surface area contributed by atoms with Crippen LogP contribution < -0.4 is 5.32 Å². The van der Waals surface area contributed by atoms with Gasteiger partial charge in [0, 0.05) is 25.2 Å². The number of hydrogen-bond donors (Lipinski definition) is 1. The van der Waals surface area contributed by atoms with E-state index in [9.17, 15) is 0 Å². The van der Waals surface area contributed by atoms with Crippen molar-refractivity contribution in [3.63, 3.8) is 0 Å². The fraction of sp³-hybridized carbons (Fsp3) is 0.647. The molecule has 0 amide bonds. The number of benzene rings is 1. The molecule has 1 saturated heterocycles. The Bertz CT molecular complexity index is 413. The highest BCUT2D eigenvalue weighted by Crippen LogP contribution is 2.45. The normalized spacial score (nSPS) is 29.6. The second kappa shape index (κ2) is 5.26. The summed E-state index contributed by atoms with van der Waals surface area (Å²) >= 11 is 0. The van der Waals surface area contributed by atoms with Crippen molar-refractivity contribution in [1.29, 1.82) is 0 Å². The van der Waals surface area contributed by atoms with Crippen LogP contribution in [-0.4, -0.2) is 36.6 Å². The number of hydrogen-bond acceptors (Lipinski definition) is 2. The van der Waals surface area contributed by atoms with Crippen LogP contribution in [0.25, 0.3) is 0 Å². The van der Waals surface area contributed by atoms with E-state index in [0.29, 0.717) is 5.41 Å². The van der Waals surface area contributed by atoms with Crippen LogP contribution in [-0.2, 0) is 6.42 Å². The molecule has 2 aliphatic rings. The molecule has 19 heavy (non-hydrogen) atoms. The van der Waals surface area contributed by atoms with Gasteiger partial charge in [-0.3, -0.25) is 0 Å². The molecular formula is C17H26N2. The van der Waals surface area contributed by atoms with Crippen LogP contribution >= 0.6 is 0 Å². The van der Waals surface area contributed by atoms with Crippen molar-refractivity contribution in [2.24, 2.45) is 5.41 Å². The molecule has 0 aromatic heterocycles. The van der Waals surface area contributed by atoms with Gasteiger partial charge in [-0.25, -0.2) is 0 Å². The van der Waals surface area contributed by atoms with Gasteiger partial charge >= 0.3 is 0 Å². The fourth-order valence-electron chi connectivity index (χ4n) is 3.14. The van der Waals surface area contributed by atoms with E-state index in [1.54, 1.807) is 0 Å². The van der Waals surface area contributed by atoms with Crippen molar-refractivity contribution in [1.82, 2.24) is 10.2 Å². The average Bonchev–Trinajstić information content (AvgIpc) is 2.81. The Labute approximate surface area is 117 Å². The lowest BCUT2D eigenvalue weighted by Crippen LogP contribution is -2.36. The van der Waals surface area contributed by atoms with Crippen molar-refractivity contribution < 1.29 is 0 Å². The van der Waals surface area contributed by atoms with Crippen molar-refractivity contribution in [2.45, 2.75) is 45.2 Å². The summed E-state index contributed by atoms with van der Waals surface area (Å²) in [5, 5.41) is 3.83. The molecule has 1 aliphatic carbocycles. The van der Waals surface area contributed by atoms with Crippen LogP contribution in [0.15, 0.2) is 30.3 Å². The summed E-state index contributed by atoms with van der Waals surface area (Å²) < 4.78 is 0. The third-order valence-electron chi connectivity index (χ3n) is 4.78. The van der Waals surface area contributed by atoms with Gasteiger partial charge in [0.2, 0.25) is 0 Å². The van der Waals surface area contributed by atoms with E-state index in [1.807, 2.05) is 0 Å². The molecule has 2 unspecified atom stereocenters. The lowest BCUT2D eigenvalue weighted by atomic mass is 10.1. The zero-order valence-electron chi connectivity index (χ0n) is 12.2. The summed E-state index contributed by atoms with van der Waals surface area (Å²) in [7, 11) is 0. The first-order chi connectivity index (χ1) is 9.13. The SMILES string of the molecule is CC1(C)CC1NC1CCN(CCc2ccccc2)C1. The number of rotatable bonds is 5. The maximum Gasteiger partial charge on any atom is 0.0210 e. The second-order valence-corrected chi connectivity index (χ2v) is 6.93. The molecule has 104 valence electrons. The maximum absolute atomic E-state index is 3.83. The van der Waals surface area contributed by atoms with E-state index in [4.69, 9.17) is 0 Å². The number of likely N-dealkylation sites (tertiary alicyclic amines) is 1. The lowest BCUT2D eigenvalue weighted by Gasteiger charge is -2.17. The molecule has 1 aliphatic heterocycles. The molecule has 1 N–H and O–H groups in total. The summed E-state index contributed by atoms with van der Waals surface area (Å²) in [5.74, 6) is 0. The Kier molecular flexibility index (Phi) is 3.64. The largest absolute Gasteiger partial charge is 0.309 e. The molecule has 3 rings (SSSR count). The molecule has 2 atom stereocenters. The van der Waals surface area contributed by atoms with Gasteiger partial charge in [-0.15, -0.1) is 0 Å². The van der Waals surface area contributed by atoms with Gasteiger partial charge in [-0.1, -0.05) is 44.2 Å². The van der Waals surface area contributed by atoms with Crippen LogP contribution in [0.5, 0.6) is 0 Å². The standard InChI is InChI=1S/C17H26N2/c1-17(2)12-16(17)18-15-9-11-19(13-15)10-8-14-6-4-3-5-7-14/h3-7,15-16,18H,8-13H2,1-2H3. The van der Waals surface area contributed by atoms with Crippen LogP contribution in [0.2, 0.25) is 0 Å². The van der Waals surface area contributed by atoms with Crippen LogP contribution in [0.3, 0.4) is 0 Å². The molecule has 1 heterocycles. The zero-order valence-corrected chi connectivity index (χ0v) is 12.2. The third kappa shape index (κ3) is 3.37. The van der Waals surface area contributed by atoms with Gasteiger partial charge in [-0.2, -0.15) is 0 Å². The van der Waals surface area contributed by atoms with Crippen molar-refractivity contribution in [2.75, 3.05) is 19.6 Å². The molecule has 2 heteroatoms. The highest BCUT2D eigenvalue weighted by atomic mass is 15.2. The van der Waals surface area contributed by atoms with Crippen molar-refractivity contribution >= 4 is 0 Å². The van der Waals surface area contributed by atoms with E-state index in [0.717, 1.165) is 12.1 Å². The molecule has 1 saturated carbocycles. The predicted octanol–water partition coefficient (Wildman–Crippen LogP) is 2.69.